The van der Waals surface area contributed by atoms with Gasteiger partial charge in [-0.3, -0.25) is 9.59 Å². The van der Waals surface area contributed by atoms with Crippen molar-refractivity contribution in [2.24, 2.45) is 5.92 Å². The number of carbonyl (C=O) groups excluding carboxylic acids is 2. The molecule has 28 heavy (non-hydrogen) atoms. The maximum absolute atomic E-state index is 12.6. The number of methoxy groups -OCH3 is 1. The van der Waals surface area contributed by atoms with Crippen LogP contribution in [-0.4, -0.2) is 51.7 Å². The molecule has 0 atom stereocenters. The minimum atomic E-state index is -0.0811. The number of nitrogens with zero attached hydrogens (tertiary/aromatic N) is 4. The van der Waals surface area contributed by atoms with Crippen molar-refractivity contribution in [3.05, 3.63) is 42.0 Å². The zero-order valence-corrected chi connectivity index (χ0v) is 16.4. The fraction of sp³-hybridized carbons (Fsp3) is 0.500. The van der Waals surface area contributed by atoms with E-state index in [0.717, 1.165) is 24.5 Å². The number of nitrogens with one attached hydrogen (secondary N) is 1. The predicted octanol–water partition coefficient (Wildman–Crippen LogP) is 1.87. The summed E-state index contributed by atoms with van der Waals surface area (Å²) in [6.07, 6.45) is 4.00. The average Bonchev–Trinajstić information content (AvgIpc) is 3.19. The summed E-state index contributed by atoms with van der Waals surface area (Å²) in [5, 5.41) is 10.9. The van der Waals surface area contributed by atoms with Crippen molar-refractivity contribution in [1.29, 1.82) is 0 Å². The van der Waals surface area contributed by atoms with Crippen LogP contribution in [0.15, 0.2) is 30.6 Å². The summed E-state index contributed by atoms with van der Waals surface area (Å²) in [6, 6.07) is 7.11. The smallest absolute Gasteiger partial charge is 0.253 e. The Bertz CT molecular complexity index is 794. The largest absolute Gasteiger partial charge is 0.497 e. The molecule has 2 amide bonds. The van der Waals surface area contributed by atoms with Gasteiger partial charge in [0.05, 0.1) is 13.7 Å². The molecule has 0 unspecified atom stereocenters. The van der Waals surface area contributed by atoms with E-state index in [2.05, 4.69) is 22.4 Å². The lowest BCUT2D eigenvalue weighted by atomic mass is 9.95. The number of ether oxygens (including phenoxy) is 1. The van der Waals surface area contributed by atoms with Crippen LogP contribution in [0.4, 0.5) is 0 Å². The van der Waals surface area contributed by atoms with E-state index < -0.39 is 0 Å². The Morgan fingerprint density at radius 3 is 2.57 bits per heavy atom. The fourth-order valence-electron chi connectivity index (χ4n) is 3.41. The summed E-state index contributed by atoms with van der Waals surface area (Å²) >= 11 is 0. The van der Waals surface area contributed by atoms with Gasteiger partial charge in [-0.2, -0.15) is 0 Å². The number of piperidine rings is 1. The Balaban J connectivity index is 1.48. The molecule has 1 aromatic carbocycles. The van der Waals surface area contributed by atoms with Gasteiger partial charge in [0, 0.05) is 31.1 Å². The van der Waals surface area contributed by atoms with Crippen LogP contribution in [0.5, 0.6) is 5.75 Å². The summed E-state index contributed by atoms with van der Waals surface area (Å²) in [6.45, 7) is 4.46. The van der Waals surface area contributed by atoms with Gasteiger partial charge < -0.3 is 19.5 Å². The molecule has 1 aromatic heterocycles. The normalized spacial score (nSPS) is 14.7. The average molecular weight is 385 g/mol. The first-order valence-electron chi connectivity index (χ1n) is 9.70. The number of aromatic nitrogens is 3. The second-order valence-electron chi connectivity index (χ2n) is 6.95. The molecule has 1 fully saturated rings. The summed E-state index contributed by atoms with van der Waals surface area (Å²) in [4.78, 5) is 26.9. The molecular formula is C20H27N5O3. The van der Waals surface area contributed by atoms with Crippen LogP contribution in [0.2, 0.25) is 0 Å². The van der Waals surface area contributed by atoms with Crippen LogP contribution in [0.1, 0.15) is 42.4 Å². The summed E-state index contributed by atoms with van der Waals surface area (Å²) in [5.41, 5.74) is 0.638. The zero-order chi connectivity index (χ0) is 19.9. The molecule has 1 aliphatic rings. The number of hydrogen-bond donors (Lipinski definition) is 1. The number of amides is 2. The quantitative estimate of drug-likeness (QED) is 0.786. The highest BCUT2D eigenvalue weighted by Gasteiger charge is 2.28. The molecule has 1 saturated heterocycles. The van der Waals surface area contributed by atoms with E-state index in [1.54, 1.807) is 37.7 Å². The second-order valence-corrected chi connectivity index (χ2v) is 6.95. The van der Waals surface area contributed by atoms with E-state index in [1.165, 1.54) is 0 Å². The number of carbonyl (C=O) groups is 2. The SMILES string of the molecule is CCCn1cnnc1CNC(=O)C1CCN(C(=O)c2ccc(OC)cc2)CC1. The number of hydrogen-bond acceptors (Lipinski definition) is 5. The first-order chi connectivity index (χ1) is 13.6. The van der Waals surface area contributed by atoms with Crippen LogP contribution < -0.4 is 10.1 Å². The summed E-state index contributed by atoms with van der Waals surface area (Å²) in [5.74, 6) is 1.42. The third-order valence-corrected chi connectivity index (χ3v) is 5.07. The number of aryl methyl sites for hydroxylation is 1. The van der Waals surface area contributed by atoms with Gasteiger partial charge in [-0.05, 0) is 43.5 Å². The first kappa shape index (κ1) is 19.9. The van der Waals surface area contributed by atoms with Gasteiger partial charge in [-0.25, -0.2) is 0 Å². The Hall–Kier alpha value is -2.90. The molecular weight excluding hydrogens is 358 g/mol. The van der Waals surface area contributed by atoms with Gasteiger partial charge in [0.1, 0.15) is 12.1 Å². The number of likely N-dealkylation sites (tertiary alicyclic amines) is 1. The summed E-state index contributed by atoms with van der Waals surface area (Å²) < 4.78 is 7.08. The van der Waals surface area contributed by atoms with Gasteiger partial charge in [0.15, 0.2) is 5.82 Å². The van der Waals surface area contributed by atoms with E-state index >= 15 is 0 Å². The second kappa shape index (κ2) is 9.34. The zero-order valence-electron chi connectivity index (χ0n) is 16.4. The van der Waals surface area contributed by atoms with E-state index in [1.807, 2.05) is 9.47 Å². The van der Waals surface area contributed by atoms with Crippen LogP contribution in [0.25, 0.3) is 0 Å². The molecule has 8 heteroatoms. The van der Waals surface area contributed by atoms with Gasteiger partial charge >= 0.3 is 0 Å². The van der Waals surface area contributed by atoms with Crippen molar-refractivity contribution >= 4 is 11.8 Å². The highest BCUT2D eigenvalue weighted by Crippen LogP contribution is 2.20. The van der Waals surface area contributed by atoms with Crippen molar-refractivity contribution < 1.29 is 14.3 Å². The molecule has 3 rings (SSSR count). The lowest BCUT2D eigenvalue weighted by Crippen LogP contribution is -2.43. The molecule has 0 radical (unpaired) electrons. The molecule has 0 aliphatic carbocycles. The molecule has 0 bridgehead atoms. The van der Waals surface area contributed by atoms with Crippen molar-refractivity contribution in [1.82, 2.24) is 25.0 Å². The minimum Gasteiger partial charge on any atom is -0.497 e. The van der Waals surface area contributed by atoms with E-state index in [-0.39, 0.29) is 17.7 Å². The van der Waals surface area contributed by atoms with E-state index in [0.29, 0.717) is 38.0 Å². The Kier molecular flexibility index (Phi) is 6.62. The Morgan fingerprint density at radius 2 is 1.93 bits per heavy atom. The molecule has 0 spiro atoms. The van der Waals surface area contributed by atoms with Gasteiger partial charge in [-0.1, -0.05) is 6.92 Å². The third-order valence-electron chi connectivity index (χ3n) is 5.07. The molecule has 8 nitrogen and oxygen atoms in total. The van der Waals surface area contributed by atoms with Crippen LogP contribution in [-0.2, 0) is 17.9 Å². The topological polar surface area (TPSA) is 89.4 Å². The standard InChI is InChI=1S/C20H27N5O3/c1-3-10-25-14-22-23-18(25)13-21-19(26)15-8-11-24(12-9-15)20(27)16-4-6-17(28-2)7-5-16/h4-7,14-15H,3,8-13H2,1-2H3,(H,21,26). The van der Waals surface area contributed by atoms with Crippen LogP contribution in [0.3, 0.4) is 0 Å². The molecule has 1 N–H and O–H groups in total. The van der Waals surface area contributed by atoms with E-state index in [4.69, 9.17) is 4.74 Å². The third kappa shape index (κ3) is 4.68. The Morgan fingerprint density at radius 1 is 1.21 bits per heavy atom. The van der Waals surface area contributed by atoms with E-state index in [9.17, 15) is 9.59 Å². The van der Waals surface area contributed by atoms with Gasteiger partial charge in [0.2, 0.25) is 5.91 Å². The number of benzene rings is 1. The molecule has 0 saturated carbocycles. The highest BCUT2D eigenvalue weighted by atomic mass is 16.5. The first-order valence-corrected chi connectivity index (χ1v) is 9.70. The molecule has 2 aromatic rings. The lowest BCUT2D eigenvalue weighted by Gasteiger charge is -2.31. The van der Waals surface area contributed by atoms with Crippen molar-refractivity contribution in [3.63, 3.8) is 0 Å². The molecule has 1 aliphatic heterocycles. The van der Waals surface area contributed by atoms with Crippen molar-refractivity contribution in [2.75, 3.05) is 20.2 Å². The summed E-state index contributed by atoms with van der Waals surface area (Å²) in [7, 11) is 1.60. The lowest BCUT2D eigenvalue weighted by molar-refractivity contribution is -0.126. The minimum absolute atomic E-state index is 0.00539. The van der Waals surface area contributed by atoms with Gasteiger partial charge in [0.25, 0.3) is 5.91 Å². The van der Waals surface area contributed by atoms with Crippen LogP contribution >= 0.6 is 0 Å². The maximum atomic E-state index is 12.6. The van der Waals surface area contributed by atoms with Crippen LogP contribution in [0, 0.1) is 5.92 Å². The van der Waals surface area contributed by atoms with Gasteiger partial charge in [-0.15, -0.1) is 10.2 Å². The fourth-order valence-corrected chi connectivity index (χ4v) is 3.41. The monoisotopic (exact) mass is 385 g/mol. The molecule has 150 valence electrons. The van der Waals surface area contributed by atoms with Crippen molar-refractivity contribution in [3.8, 4) is 5.75 Å². The van der Waals surface area contributed by atoms with Crippen molar-refractivity contribution in [2.45, 2.75) is 39.3 Å². The highest BCUT2D eigenvalue weighted by molar-refractivity contribution is 5.94. The molecule has 2 heterocycles. The maximum Gasteiger partial charge on any atom is 0.253 e. The predicted molar refractivity (Wildman–Crippen MR) is 104 cm³/mol. The number of rotatable bonds is 7. The Labute approximate surface area is 164 Å².